The maximum Gasteiger partial charge on any atom is 0.328 e. The van der Waals surface area contributed by atoms with Crippen LogP contribution in [0.5, 0.6) is 11.5 Å². The summed E-state index contributed by atoms with van der Waals surface area (Å²) in [5.74, 6) is -0.736. The molecule has 1 amide bonds. The summed E-state index contributed by atoms with van der Waals surface area (Å²) in [4.78, 5) is 21.8. The van der Waals surface area contributed by atoms with Gasteiger partial charge in [-0.3, -0.25) is 4.79 Å². The van der Waals surface area contributed by atoms with Crippen LogP contribution in [0.4, 0.5) is 0 Å². The maximum atomic E-state index is 11.2. The smallest absolute Gasteiger partial charge is 0.328 e. The molecule has 0 aliphatic rings. The summed E-state index contributed by atoms with van der Waals surface area (Å²) in [6, 6.07) is 4.87. The Morgan fingerprint density at radius 1 is 1.45 bits per heavy atom. The number of rotatable bonds is 7. The number of primary amides is 1. The van der Waals surface area contributed by atoms with E-state index in [0.717, 1.165) is 6.08 Å². The quantitative estimate of drug-likeness (QED) is 0.736. The van der Waals surface area contributed by atoms with E-state index >= 15 is 0 Å². The van der Waals surface area contributed by atoms with Gasteiger partial charge < -0.3 is 20.3 Å². The molecule has 1 aromatic carbocycles. The number of carbonyl (C=O) groups excluding carboxylic acids is 1. The zero-order chi connectivity index (χ0) is 15.1. The molecular weight excluding hydrogens is 262 g/mol. The van der Waals surface area contributed by atoms with Gasteiger partial charge in [0.2, 0.25) is 0 Å². The number of aliphatic carboxylic acids is 1. The van der Waals surface area contributed by atoms with Crippen LogP contribution >= 0.6 is 0 Å². The van der Waals surface area contributed by atoms with Gasteiger partial charge in [0, 0.05) is 11.6 Å². The molecule has 1 atom stereocenters. The molecule has 6 heteroatoms. The van der Waals surface area contributed by atoms with Crippen molar-refractivity contribution in [1.29, 1.82) is 0 Å². The molecule has 1 rings (SSSR count). The van der Waals surface area contributed by atoms with Gasteiger partial charge in [-0.05, 0) is 30.7 Å². The lowest BCUT2D eigenvalue weighted by Crippen LogP contribution is -2.33. The highest BCUT2D eigenvalue weighted by atomic mass is 16.5. The van der Waals surface area contributed by atoms with Gasteiger partial charge in [0.25, 0.3) is 5.91 Å². The minimum absolute atomic E-state index is 0.369. The van der Waals surface area contributed by atoms with E-state index in [2.05, 4.69) is 0 Å². The predicted octanol–water partition coefficient (Wildman–Crippen LogP) is 1.44. The minimum atomic E-state index is -1.08. The first-order chi connectivity index (χ1) is 9.47. The van der Waals surface area contributed by atoms with E-state index in [-0.39, 0.29) is 0 Å². The summed E-state index contributed by atoms with van der Waals surface area (Å²) in [5.41, 5.74) is 5.71. The van der Waals surface area contributed by atoms with Crippen molar-refractivity contribution < 1.29 is 24.2 Å². The number of carboxylic acid groups (broad SMARTS) is 1. The number of methoxy groups -OCH3 is 1. The highest BCUT2D eigenvalue weighted by molar-refractivity contribution is 5.86. The average Bonchev–Trinajstić information content (AvgIpc) is 2.42. The first-order valence-electron chi connectivity index (χ1n) is 6.03. The molecule has 0 spiro atoms. The molecule has 0 aromatic heterocycles. The Morgan fingerprint density at radius 3 is 2.65 bits per heavy atom. The molecule has 0 aliphatic carbocycles. The van der Waals surface area contributed by atoms with Crippen LogP contribution in [0.1, 0.15) is 18.9 Å². The lowest BCUT2D eigenvalue weighted by molar-refractivity contribution is -0.131. The number of carboxylic acids is 1. The van der Waals surface area contributed by atoms with Gasteiger partial charge in [-0.2, -0.15) is 0 Å². The van der Waals surface area contributed by atoms with E-state index in [1.165, 1.54) is 13.2 Å². The number of benzene rings is 1. The summed E-state index contributed by atoms with van der Waals surface area (Å²) in [6.07, 6.45) is 2.00. The van der Waals surface area contributed by atoms with E-state index in [1.807, 2.05) is 0 Å². The van der Waals surface area contributed by atoms with Gasteiger partial charge in [0.15, 0.2) is 6.10 Å². The highest BCUT2D eigenvalue weighted by Gasteiger charge is 2.16. The van der Waals surface area contributed by atoms with Crippen molar-refractivity contribution in [3.63, 3.8) is 0 Å². The fourth-order valence-electron chi connectivity index (χ4n) is 1.55. The summed E-state index contributed by atoms with van der Waals surface area (Å²) < 4.78 is 10.6. The second-order valence-electron chi connectivity index (χ2n) is 3.99. The van der Waals surface area contributed by atoms with E-state index in [0.29, 0.717) is 23.5 Å². The van der Waals surface area contributed by atoms with Gasteiger partial charge >= 0.3 is 5.97 Å². The SMILES string of the molecule is CCC(Oc1ccc(OC)cc1C=CC(=O)O)C(N)=O. The number of amides is 1. The third-order valence-corrected chi connectivity index (χ3v) is 2.58. The third-order valence-electron chi connectivity index (χ3n) is 2.58. The molecule has 1 aromatic rings. The van der Waals surface area contributed by atoms with Crippen molar-refractivity contribution >= 4 is 18.0 Å². The fraction of sp³-hybridized carbons (Fsp3) is 0.286. The minimum Gasteiger partial charge on any atom is -0.497 e. The first kappa shape index (κ1) is 15.6. The van der Waals surface area contributed by atoms with E-state index in [1.54, 1.807) is 25.1 Å². The standard InChI is InChI=1S/C14H17NO5/c1-3-11(14(15)18)20-12-6-5-10(19-2)8-9(12)4-7-13(16)17/h4-8,11H,3H2,1-2H3,(H2,15,18)(H,16,17). The highest BCUT2D eigenvalue weighted by Crippen LogP contribution is 2.26. The summed E-state index contributed by atoms with van der Waals surface area (Å²) in [6.45, 7) is 1.77. The van der Waals surface area contributed by atoms with Crippen molar-refractivity contribution in [1.82, 2.24) is 0 Å². The molecule has 6 nitrogen and oxygen atoms in total. The van der Waals surface area contributed by atoms with E-state index in [9.17, 15) is 9.59 Å². The van der Waals surface area contributed by atoms with Crippen molar-refractivity contribution in [3.05, 3.63) is 29.8 Å². The number of nitrogens with two attached hydrogens (primary N) is 1. The molecule has 0 saturated carbocycles. The third kappa shape index (κ3) is 4.31. The van der Waals surface area contributed by atoms with Gasteiger partial charge in [0.1, 0.15) is 11.5 Å². The lowest BCUT2D eigenvalue weighted by atomic mass is 10.1. The predicted molar refractivity (Wildman–Crippen MR) is 73.6 cm³/mol. The first-order valence-corrected chi connectivity index (χ1v) is 6.03. The van der Waals surface area contributed by atoms with Gasteiger partial charge in [-0.25, -0.2) is 4.79 Å². The van der Waals surface area contributed by atoms with Crippen molar-refractivity contribution in [2.75, 3.05) is 7.11 Å². The lowest BCUT2D eigenvalue weighted by Gasteiger charge is -2.16. The molecule has 0 saturated heterocycles. The van der Waals surface area contributed by atoms with Crippen LogP contribution in [0.25, 0.3) is 6.08 Å². The number of hydrogen-bond acceptors (Lipinski definition) is 4. The van der Waals surface area contributed by atoms with Crippen LogP contribution in [0.15, 0.2) is 24.3 Å². The molecular formula is C14H17NO5. The number of carbonyl (C=O) groups is 2. The van der Waals surface area contributed by atoms with Crippen LogP contribution in [0, 0.1) is 0 Å². The van der Waals surface area contributed by atoms with Crippen LogP contribution in [-0.2, 0) is 9.59 Å². The molecule has 0 heterocycles. The van der Waals surface area contributed by atoms with Crippen molar-refractivity contribution in [2.24, 2.45) is 5.73 Å². The molecule has 3 N–H and O–H groups in total. The molecule has 1 unspecified atom stereocenters. The molecule has 108 valence electrons. The Morgan fingerprint density at radius 2 is 2.15 bits per heavy atom. The van der Waals surface area contributed by atoms with Crippen molar-refractivity contribution in [2.45, 2.75) is 19.4 Å². The fourth-order valence-corrected chi connectivity index (χ4v) is 1.55. The molecule has 0 bridgehead atoms. The van der Waals surface area contributed by atoms with Crippen LogP contribution in [0.2, 0.25) is 0 Å². The molecule has 20 heavy (non-hydrogen) atoms. The molecule has 0 aliphatic heterocycles. The summed E-state index contributed by atoms with van der Waals surface area (Å²) in [5, 5.41) is 8.68. The Kier molecular flexibility index (Phi) is 5.58. The zero-order valence-electron chi connectivity index (χ0n) is 11.3. The van der Waals surface area contributed by atoms with E-state index in [4.69, 9.17) is 20.3 Å². The van der Waals surface area contributed by atoms with Gasteiger partial charge in [-0.15, -0.1) is 0 Å². The Labute approximate surface area is 116 Å². The Balaban J connectivity index is 3.10. The summed E-state index contributed by atoms with van der Waals surface area (Å²) in [7, 11) is 1.50. The normalized spacial score (nSPS) is 12.1. The average molecular weight is 279 g/mol. The van der Waals surface area contributed by atoms with Crippen LogP contribution < -0.4 is 15.2 Å². The number of hydrogen-bond donors (Lipinski definition) is 2. The van der Waals surface area contributed by atoms with Crippen LogP contribution in [-0.4, -0.2) is 30.2 Å². The maximum absolute atomic E-state index is 11.2. The largest absolute Gasteiger partial charge is 0.497 e. The second kappa shape index (κ2) is 7.18. The van der Waals surface area contributed by atoms with E-state index < -0.39 is 18.0 Å². The van der Waals surface area contributed by atoms with Gasteiger partial charge in [-0.1, -0.05) is 6.92 Å². The topological polar surface area (TPSA) is 98.8 Å². The van der Waals surface area contributed by atoms with Gasteiger partial charge in [0.05, 0.1) is 7.11 Å². The zero-order valence-corrected chi connectivity index (χ0v) is 11.3. The van der Waals surface area contributed by atoms with Crippen molar-refractivity contribution in [3.8, 4) is 11.5 Å². The Bertz CT molecular complexity index is 524. The molecule has 0 fully saturated rings. The number of ether oxygens (including phenoxy) is 2. The monoisotopic (exact) mass is 279 g/mol. The second-order valence-corrected chi connectivity index (χ2v) is 3.99. The summed E-state index contributed by atoms with van der Waals surface area (Å²) >= 11 is 0. The molecule has 0 radical (unpaired) electrons. The van der Waals surface area contributed by atoms with Crippen LogP contribution in [0.3, 0.4) is 0 Å². The Hall–Kier alpha value is -2.50.